The number of allylic oxidation sites excluding steroid dienone is 2. The van der Waals surface area contributed by atoms with Gasteiger partial charge in [-0.2, -0.15) is 5.10 Å². The predicted octanol–water partition coefficient (Wildman–Crippen LogP) is 1.49. The van der Waals surface area contributed by atoms with E-state index in [0.717, 1.165) is 18.8 Å². The third kappa shape index (κ3) is 1.38. The van der Waals surface area contributed by atoms with E-state index in [1.807, 2.05) is 17.9 Å². The van der Waals surface area contributed by atoms with Gasteiger partial charge in [0.15, 0.2) is 0 Å². The fraction of sp³-hybridized carbons (Fsp3) is 0.417. The van der Waals surface area contributed by atoms with Gasteiger partial charge in [0.25, 0.3) is 0 Å². The number of fused-ring (bicyclic) bond motifs is 2. The van der Waals surface area contributed by atoms with Gasteiger partial charge in [0.05, 0.1) is 12.2 Å². The van der Waals surface area contributed by atoms with E-state index in [1.165, 1.54) is 11.3 Å². The molecular weight excluding hydrogens is 200 g/mol. The number of nitrogens with one attached hydrogen (secondary N) is 1. The molecule has 84 valence electrons. The van der Waals surface area contributed by atoms with Crippen LogP contribution in [0.3, 0.4) is 0 Å². The Kier molecular flexibility index (Phi) is 2.11. The number of aryl methyl sites for hydroxylation is 1. The van der Waals surface area contributed by atoms with Crippen molar-refractivity contribution in [2.75, 3.05) is 12.4 Å². The predicted molar refractivity (Wildman–Crippen MR) is 63.9 cm³/mol. The summed E-state index contributed by atoms with van der Waals surface area (Å²) < 4.78 is 1.91. The Morgan fingerprint density at radius 1 is 1.44 bits per heavy atom. The normalized spacial score (nSPS) is 24.1. The van der Waals surface area contributed by atoms with Crippen molar-refractivity contribution < 1.29 is 0 Å². The Bertz CT molecular complexity index is 469. The molecule has 4 nitrogen and oxygen atoms in total. The lowest BCUT2D eigenvalue weighted by atomic mass is 10.0. The van der Waals surface area contributed by atoms with E-state index in [-0.39, 0.29) is 0 Å². The molecule has 4 heteroatoms. The maximum absolute atomic E-state index is 4.29. The van der Waals surface area contributed by atoms with E-state index in [2.05, 4.69) is 40.6 Å². The van der Waals surface area contributed by atoms with Crippen LogP contribution in [0.5, 0.6) is 0 Å². The van der Waals surface area contributed by atoms with Crippen LogP contribution in [-0.4, -0.2) is 27.8 Å². The van der Waals surface area contributed by atoms with E-state index in [1.54, 1.807) is 0 Å². The van der Waals surface area contributed by atoms with Crippen molar-refractivity contribution in [3.63, 3.8) is 0 Å². The molecule has 2 aliphatic rings. The van der Waals surface area contributed by atoms with Gasteiger partial charge in [-0.05, 0) is 19.5 Å². The van der Waals surface area contributed by atoms with Gasteiger partial charge in [-0.1, -0.05) is 12.2 Å². The van der Waals surface area contributed by atoms with Crippen molar-refractivity contribution in [1.82, 2.24) is 14.7 Å². The summed E-state index contributed by atoms with van der Waals surface area (Å²) in [5, 5.41) is 7.80. The number of hydrogen-bond acceptors (Lipinski definition) is 3. The van der Waals surface area contributed by atoms with Gasteiger partial charge >= 0.3 is 0 Å². The van der Waals surface area contributed by atoms with Crippen LogP contribution >= 0.6 is 0 Å². The van der Waals surface area contributed by atoms with Gasteiger partial charge in [-0.25, -0.2) is 0 Å². The molecule has 2 heterocycles. The summed E-state index contributed by atoms with van der Waals surface area (Å²) in [6, 6.07) is 0.470. The molecule has 1 N–H and O–H groups in total. The maximum Gasteiger partial charge on any atom is 0.132 e. The number of hydrogen-bond donors (Lipinski definition) is 1. The van der Waals surface area contributed by atoms with Crippen LogP contribution in [0.2, 0.25) is 0 Å². The number of rotatable bonds is 0. The minimum Gasteiger partial charge on any atom is -0.342 e. The van der Waals surface area contributed by atoms with Crippen LogP contribution in [0.15, 0.2) is 30.1 Å². The monoisotopic (exact) mass is 216 g/mol. The second-order valence-electron chi connectivity index (χ2n) is 4.48. The molecule has 1 unspecified atom stereocenters. The first kappa shape index (κ1) is 9.66. The molecule has 0 radical (unpaired) electrons. The first-order valence-electron chi connectivity index (χ1n) is 5.60. The van der Waals surface area contributed by atoms with Gasteiger partial charge in [-0.15, -0.1) is 0 Å². The Morgan fingerprint density at radius 3 is 3.19 bits per heavy atom. The smallest absolute Gasteiger partial charge is 0.132 e. The van der Waals surface area contributed by atoms with Gasteiger partial charge in [0, 0.05) is 24.9 Å². The van der Waals surface area contributed by atoms with Crippen LogP contribution in [-0.2, 0) is 13.6 Å². The molecule has 1 atom stereocenters. The molecule has 0 amide bonds. The van der Waals surface area contributed by atoms with Crippen molar-refractivity contribution in [3.05, 3.63) is 35.7 Å². The van der Waals surface area contributed by atoms with Gasteiger partial charge < -0.3 is 5.32 Å². The molecule has 0 saturated heterocycles. The van der Waals surface area contributed by atoms with Crippen molar-refractivity contribution >= 4 is 5.82 Å². The zero-order valence-electron chi connectivity index (χ0n) is 9.64. The van der Waals surface area contributed by atoms with E-state index in [0.29, 0.717) is 6.04 Å². The average Bonchev–Trinajstić information content (AvgIpc) is 2.56. The molecule has 16 heavy (non-hydrogen) atoms. The minimum atomic E-state index is 0.470. The van der Waals surface area contributed by atoms with E-state index in [4.69, 9.17) is 0 Å². The summed E-state index contributed by atoms with van der Waals surface area (Å²) >= 11 is 0. The summed E-state index contributed by atoms with van der Waals surface area (Å²) in [4.78, 5) is 2.37. The molecule has 0 aromatic carbocycles. The molecule has 0 bridgehead atoms. The highest BCUT2D eigenvalue weighted by Gasteiger charge is 2.26. The van der Waals surface area contributed by atoms with Crippen LogP contribution < -0.4 is 5.32 Å². The SMILES string of the molecule is CN1Cc2cnn(C)c2NC2=CC=CCC21. The molecule has 0 spiro atoms. The Morgan fingerprint density at radius 2 is 2.31 bits per heavy atom. The lowest BCUT2D eigenvalue weighted by molar-refractivity contribution is 0.268. The number of aromatic nitrogens is 2. The summed E-state index contributed by atoms with van der Waals surface area (Å²) in [6.07, 6.45) is 9.53. The molecule has 3 rings (SSSR count). The highest BCUT2D eigenvalue weighted by Crippen LogP contribution is 2.28. The first-order valence-corrected chi connectivity index (χ1v) is 5.60. The quantitative estimate of drug-likeness (QED) is 0.713. The van der Waals surface area contributed by atoms with Crippen LogP contribution in [0.4, 0.5) is 5.82 Å². The van der Waals surface area contributed by atoms with E-state index >= 15 is 0 Å². The highest BCUT2D eigenvalue weighted by atomic mass is 15.3. The fourth-order valence-electron chi connectivity index (χ4n) is 2.44. The molecule has 1 aromatic heterocycles. The third-order valence-electron chi connectivity index (χ3n) is 3.36. The Labute approximate surface area is 95.2 Å². The number of nitrogens with zero attached hydrogens (tertiary/aromatic N) is 3. The van der Waals surface area contributed by atoms with Crippen molar-refractivity contribution in [2.24, 2.45) is 7.05 Å². The van der Waals surface area contributed by atoms with Crippen LogP contribution in [0.25, 0.3) is 0 Å². The van der Waals surface area contributed by atoms with Crippen LogP contribution in [0.1, 0.15) is 12.0 Å². The fourth-order valence-corrected chi connectivity index (χ4v) is 2.44. The van der Waals surface area contributed by atoms with E-state index in [9.17, 15) is 0 Å². The summed E-state index contributed by atoms with van der Waals surface area (Å²) in [5.41, 5.74) is 2.53. The number of likely N-dealkylation sites (N-methyl/N-ethyl adjacent to an activating group) is 1. The summed E-state index contributed by atoms with van der Waals surface area (Å²) in [7, 11) is 4.15. The second kappa shape index (κ2) is 3.49. The standard InChI is InChI=1S/C12H16N4/c1-15-8-9-7-13-16(2)12(9)14-10-5-3-4-6-11(10)15/h3-5,7,11,14H,6,8H2,1-2H3. The van der Waals surface area contributed by atoms with Gasteiger partial charge in [0.2, 0.25) is 0 Å². The summed E-state index contributed by atoms with van der Waals surface area (Å²) in [5.74, 6) is 1.12. The van der Waals surface area contributed by atoms with E-state index < -0.39 is 0 Å². The Hall–Kier alpha value is -1.55. The molecular formula is C12H16N4. The molecule has 1 aromatic rings. The van der Waals surface area contributed by atoms with Crippen LogP contribution in [0, 0.1) is 0 Å². The highest BCUT2D eigenvalue weighted by molar-refractivity contribution is 5.52. The maximum atomic E-state index is 4.29. The molecule has 1 aliphatic carbocycles. The minimum absolute atomic E-state index is 0.470. The zero-order valence-corrected chi connectivity index (χ0v) is 9.64. The molecule has 0 fully saturated rings. The lowest BCUT2D eigenvalue weighted by Crippen LogP contribution is -2.33. The largest absolute Gasteiger partial charge is 0.342 e. The number of anilines is 1. The first-order chi connectivity index (χ1) is 7.75. The van der Waals surface area contributed by atoms with Gasteiger partial charge in [-0.3, -0.25) is 9.58 Å². The van der Waals surface area contributed by atoms with Crippen molar-refractivity contribution in [2.45, 2.75) is 19.0 Å². The van der Waals surface area contributed by atoms with Crippen molar-refractivity contribution in [1.29, 1.82) is 0 Å². The third-order valence-corrected chi connectivity index (χ3v) is 3.36. The Balaban J connectivity index is 2.05. The summed E-state index contributed by atoms with van der Waals surface area (Å²) in [6.45, 7) is 0.950. The van der Waals surface area contributed by atoms with Crippen molar-refractivity contribution in [3.8, 4) is 0 Å². The molecule has 0 saturated carbocycles. The average molecular weight is 216 g/mol. The molecule has 1 aliphatic heterocycles. The zero-order chi connectivity index (χ0) is 11.1. The second-order valence-corrected chi connectivity index (χ2v) is 4.48. The topological polar surface area (TPSA) is 33.1 Å². The lowest BCUT2D eigenvalue weighted by Gasteiger charge is -2.28. The van der Waals surface area contributed by atoms with Gasteiger partial charge in [0.1, 0.15) is 5.82 Å².